The van der Waals surface area contributed by atoms with Crippen molar-refractivity contribution in [3.63, 3.8) is 0 Å². The fourth-order valence-corrected chi connectivity index (χ4v) is 6.99. The maximum Gasteiger partial charge on any atom is 0.243 e. The van der Waals surface area contributed by atoms with Crippen molar-refractivity contribution in [1.82, 2.24) is 25.1 Å². The Hall–Kier alpha value is -1.86. The summed E-state index contributed by atoms with van der Waals surface area (Å²) < 4.78 is 31.1. The summed E-state index contributed by atoms with van der Waals surface area (Å²) >= 11 is 12.7. The Kier molecular flexibility index (Phi) is 7.75. The predicted molar refractivity (Wildman–Crippen MR) is 141 cm³/mol. The molecule has 3 aliphatic rings. The van der Waals surface area contributed by atoms with Crippen molar-refractivity contribution in [2.45, 2.75) is 50.5 Å². The zero-order valence-electron chi connectivity index (χ0n) is 20.6. The summed E-state index contributed by atoms with van der Waals surface area (Å²) in [6.07, 6.45) is 8.60. The van der Waals surface area contributed by atoms with Crippen LogP contribution in [0.15, 0.2) is 30.7 Å². The molecule has 5 atom stereocenters. The highest BCUT2D eigenvalue weighted by molar-refractivity contribution is 7.88. The van der Waals surface area contributed by atoms with Gasteiger partial charge in [-0.25, -0.2) is 18.8 Å². The van der Waals surface area contributed by atoms with Gasteiger partial charge in [-0.05, 0) is 43.7 Å². The lowest BCUT2D eigenvalue weighted by molar-refractivity contribution is -0.120. The Morgan fingerprint density at radius 2 is 1.86 bits per heavy atom. The molecule has 4 unspecified atom stereocenters. The number of rotatable bonds is 6. The first-order valence-corrected chi connectivity index (χ1v) is 14.9. The van der Waals surface area contributed by atoms with Crippen LogP contribution in [0, 0.1) is 5.92 Å². The first kappa shape index (κ1) is 26.7. The number of anilines is 1. The number of nitrogens with zero attached hydrogens (tertiary/aromatic N) is 4. The standard InChI is InChI=1S/C24H30Cl2N6O4S/c1-14(23-18(25)11-27-12-19(23)26)36-16-4-5-20-17(9-16)24(30-29-20)15-3-6-21(28-10-15)32-8-7-31(13-22(32)33)37(2,34)35/h3,6,10-12,14,16-17,20,24,29-30H,4-5,7-9,13H2,1-2H3/t14-,16?,17?,20?,24?/m1/s1. The number of piperazine rings is 1. The van der Waals surface area contributed by atoms with Crippen molar-refractivity contribution < 1.29 is 17.9 Å². The number of pyridine rings is 2. The Bertz CT molecular complexity index is 1240. The minimum atomic E-state index is -3.40. The number of carbonyl (C=O) groups is 1. The molecule has 10 nitrogen and oxygen atoms in total. The van der Waals surface area contributed by atoms with E-state index in [2.05, 4.69) is 20.8 Å². The van der Waals surface area contributed by atoms with Gasteiger partial charge in [-0.1, -0.05) is 29.3 Å². The second-order valence-corrected chi connectivity index (χ2v) is 12.7. The Labute approximate surface area is 226 Å². The molecule has 0 aromatic carbocycles. The SMILES string of the molecule is C[C@@H](OC1CCC2NNC(c3ccc(N4CCN(S(C)(=O)=O)CC4=O)nc3)C2C1)c1c(Cl)cncc1Cl. The topological polar surface area (TPSA) is 117 Å². The number of ether oxygens (including phenoxy) is 1. The number of hydrogen-bond acceptors (Lipinski definition) is 8. The first-order chi connectivity index (χ1) is 17.6. The quantitative estimate of drug-likeness (QED) is 0.546. The van der Waals surface area contributed by atoms with Gasteiger partial charge < -0.3 is 4.74 Å². The summed E-state index contributed by atoms with van der Waals surface area (Å²) in [5.74, 6) is 0.532. The molecule has 4 heterocycles. The van der Waals surface area contributed by atoms with Crippen molar-refractivity contribution in [2.75, 3.05) is 30.8 Å². The molecule has 3 fully saturated rings. The highest BCUT2D eigenvalue weighted by atomic mass is 35.5. The smallest absolute Gasteiger partial charge is 0.243 e. The minimum absolute atomic E-state index is 0.0409. The number of amides is 1. The number of hydrogen-bond donors (Lipinski definition) is 2. The zero-order chi connectivity index (χ0) is 26.3. The third-order valence-electron chi connectivity index (χ3n) is 7.46. The van der Waals surface area contributed by atoms with Gasteiger partial charge in [-0.2, -0.15) is 4.31 Å². The summed E-state index contributed by atoms with van der Waals surface area (Å²) in [6.45, 7) is 2.31. The van der Waals surface area contributed by atoms with Crippen LogP contribution >= 0.6 is 23.2 Å². The fourth-order valence-electron chi connectivity index (χ4n) is 5.56. The van der Waals surface area contributed by atoms with Gasteiger partial charge in [0.15, 0.2) is 0 Å². The number of fused-ring (bicyclic) bond motifs is 1. The molecule has 2 saturated heterocycles. The summed E-state index contributed by atoms with van der Waals surface area (Å²) in [5.41, 5.74) is 8.61. The first-order valence-electron chi connectivity index (χ1n) is 12.3. The van der Waals surface area contributed by atoms with Crippen LogP contribution in [-0.4, -0.2) is 66.6 Å². The number of nitrogens with one attached hydrogen (secondary N) is 2. The largest absolute Gasteiger partial charge is 0.370 e. The summed E-state index contributed by atoms with van der Waals surface area (Å²) in [6, 6.07) is 4.16. The maximum absolute atomic E-state index is 12.6. The molecule has 2 aromatic heterocycles. The monoisotopic (exact) mass is 568 g/mol. The van der Waals surface area contributed by atoms with Crippen molar-refractivity contribution in [1.29, 1.82) is 0 Å². The average molecular weight is 570 g/mol. The molecule has 2 aliphatic heterocycles. The van der Waals surface area contributed by atoms with E-state index in [0.717, 1.165) is 36.6 Å². The molecule has 1 saturated carbocycles. The van der Waals surface area contributed by atoms with Gasteiger partial charge in [0.1, 0.15) is 5.82 Å². The van der Waals surface area contributed by atoms with E-state index >= 15 is 0 Å². The van der Waals surface area contributed by atoms with Gasteiger partial charge in [0.2, 0.25) is 15.9 Å². The van der Waals surface area contributed by atoms with Crippen molar-refractivity contribution >= 4 is 45.0 Å². The maximum atomic E-state index is 12.6. The molecule has 2 aromatic rings. The molecule has 1 amide bonds. The van der Waals surface area contributed by atoms with E-state index in [9.17, 15) is 13.2 Å². The Morgan fingerprint density at radius 1 is 1.11 bits per heavy atom. The number of aromatic nitrogens is 2. The summed E-state index contributed by atoms with van der Waals surface area (Å²) in [5, 5.41) is 0.997. The van der Waals surface area contributed by atoms with Crippen molar-refractivity contribution in [3.8, 4) is 0 Å². The van der Waals surface area contributed by atoms with Gasteiger partial charge in [0.25, 0.3) is 0 Å². The molecule has 0 bridgehead atoms. The summed E-state index contributed by atoms with van der Waals surface area (Å²) in [4.78, 5) is 22.7. The molecule has 5 rings (SSSR count). The molecule has 1 aliphatic carbocycles. The van der Waals surface area contributed by atoms with Crippen LogP contribution in [0.3, 0.4) is 0 Å². The van der Waals surface area contributed by atoms with Gasteiger partial charge in [0, 0.05) is 43.3 Å². The number of sulfonamides is 1. The lowest BCUT2D eigenvalue weighted by Crippen LogP contribution is -2.52. The number of hydrazine groups is 1. The molecule has 37 heavy (non-hydrogen) atoms. The van der Waals surface area contributed by atoms with Crippen LogP contribution in [0.2, 0.25) is 10.0 Å². The van der Waals surface area contributed by atoms with Crippen LogP contribution in [0.1, 0.15) is 49.5 Å². The van der Waals surface area contributed by atoms with E-state index in [1.54, 1.807) is 18.6 Å². The van der Waals surface area contributed by atoms with E-state index in [0.29, 0.717) is 27.8 Å². The molecule has 200 valence electrons. The van der Waals surface area contributed by atoms with E-state index < -0.39 is 10.0 Å². The highest BCUT2D eigenvalue weighted by Crippen LogP contribution is 2.41. The van der Waals surface area contributed by atoms with E-state index in [-0.39, 0.29) is 43.8 Å². The third-order valence-corrected chi connectivity index (χ3v) is 9.31. The number of carbonyl (C=O) groups excluding carboxylic acids is 1. The van der Waals surface area contributed by atoms with Crippen LogP contribution in [0.5, 0.6) is 0 Å². The summed E-state index contributed by atoms with van der Waals surface area (Å²) in [7, 11) is -3.40. The number of halogens is 2. The van der Waals surface area contributed by atoms with Crippen LogP contribution < -0.4 is 15.8 Å². The molecule has 0 spiro atoms. The van der Waals surface area contributed by atoms with E-state index in [1.165, 1.54) is 9.21 Å². The Balaban J connectivity index is 1.24. The van der Waals surface area contributed by atoms with Crippen LogP contribution in [0.25, 0.3) is 0 Å². The molecular formula is C24H30Cl2N6O4S. The molecule has 0 radical (unpaired) electrons. The second kappa shape index (κ2) is 10.7. The van der Waals surface area contributed by atoms with Crippen LogP contribution in [0.4, 0.5) is 5.82 Å². The average Bonchev–Trinajstić information content (AvgIpc) is 3.27. The fraction of sp³-hybridized carbons (Fsp3) is 0.542. The predicted octanol–water partition coefficient (Wildman–Crippen LogP) is 2.86. The second-order valence-electron chi connectivity index (χ2n) is 9.86. The third kappa shape index (κ3) is 5.63. The van der Waals surface area contributed by atoms with Gasteiger partial charge >= 0.3 is 0 Å². The minimum Gasteiger partial charge on any atom is -0.370 e. The van der Waals surface area contributed by atoms with E-state index in [1.807, 2.05) is 19.1 Å². The lowest BCUT2D eigenvalue weighted by atomic mass is 9.78. The van der Waals surface area contributed by atoms with Crippen molar-refractivity contribution in [2.24, 2.45) is 5.92 Å². The normalized spacial score (nSPS) is 27.8. The van der Waals surface area contributed by atoms with Crippen LogP contribution in [-0.2, 0) is 19.6 Å². The van der Waals surface area contributed by atoms with Gasteiger partial charge in [-0.3, -0.25) is 20.1 Å². The van der Waals surface area contributed by atoms with E-state index in [4.69, 9.17) is 27.9 Å². The zero-order valence-corrected chi connectivity index (χ0v) is 22.9. The van der Waals surface area contributed by atoms with Gasteiger partial charge in [-0.15, -0.1) is 0 Å². The molecule has 13 heteroatoms. The molecule has 2 N–H and O–H groups in total. The van der Waals surface area contributed by atoms with Gasteiger partial charge in [0.05, 0.1) is 41.1 Å². The van der Waals surface area contributed by atoms with Crippen molar-refractivity contribution in [3.05, 3.63) is 51.9 Å². The molecular weight excluding hydrogens is 539 g/mol. The Morgan fingerprint density at radius 3 is 2.51 bits per heavy atom. The highest BCUT2D eigenvalue weighted by Gasteiger charge is 2.42. The lowest BCUT2D eigenvalue weighted by Gasteiger charge is -2.35.